The molecule has 1 aliphatic heterocycles. The van der Waals surface area contributed by atoms with E-state index >= 15 is 0 Å². The number of hydrogen-bond acceptors (Lipinski definition) is 5. The van der Waals surface area contributed by atoms with Gasteiger partial charge in [-0.25, -0.2) is 8.42 Å². The van der Waals surface area contributed by atoms with Gasteiger partial charge in [-0.3, -0.25) is 4.79 Å². The van der Waals surface area contributed by atoms with Crippen molar-refractivity contribution < 1.29 is 17.9 Å². The SMILES string of the molecule is CC(C)(CCl)C(=O)Nc1ccc(OC2=NS(=O)(=O)CS2)c(Cl)c1Cl. The smallest absolute Gasteiger partial charge is 0.268 e. The van der Waals surface area contributed by atoms with Crippen LogP contribution in [0.25, 0.3) is 0 Å². The van der Waals surface area contributed by atoms with Crippen molar-refractivity contribution in [1.29, 1.82) is 0 Å². The fraction of sp³-hybridized carbons (Fsp3) is 0.385. The van der Waals surface area contributed by atoms with Crippen molar-refractivity contribution >= 4 is 73.4 Å². The van der Waals surface area contributed by atoms with Crippen molar-refractivity contribution in [3.63, 3.8) is 0 Å². The molecule has 1 aliphatic rings. The standard InChI is InChI=1S/C13H13Cl3N2O4S2/c1-13(2,5-14)11(19)17-7-3-4-8(10(16)9(7)15)22-12-18-24(20,21)6-23-12/h3-4H,5-6H2,1-2H3,(H,17,19). The molecule has 1 aromatic rings. The van der Waals surface area contributed by atoms with Gasteiger partial charge in [-0.15, -0.1) is 16.0 Å². The Morgan fingerprint density at radius 1 is 1.38 bits per heavy atom. The second-order valence-corrected chi connectivity index (χ2v) is 9.46. The number of carbonyl (C=O) groups is 1. The summed E-state index contributed by atoms with van der Waals surface area (Å²) in [6.07, 6.45) is 0. The zero-order chi connectivity index (χ0) is 18.1. The third-order valence-electron chi connectivity index (χ3n) is 2.99. The molecule has 6 nitrogen and oxygen atoms in total. The van der Waals surface area contributed by atoms with Crippen LogP contribution in [0.4, 0.5) is 5.69 Å². The van der Waals surface area contributed by atoms with Gasteiger partial charge in [0.25, 0.3) is 15.3 Å². The summed E-state index contributed by atoms with van der Waals surface area (Å²) in [7, 11) is -3.50. The summed E-state index contributed by atoms with van der Waals surface area (Å²) in [5.41, 5.74) is -0.485. The van der Waals surface area contributed by atoms with Gasteiger partial charge in [-0.2, -0.15) is 0 Å². The van der Waals surface area contributed by atoms with Crippen LogP contribution in [0.5, 0.6) is 5.75 Å². The maximum atomic E-state index is 12.1. The van der Waals surface area contributed by atoms with E-state index in [1.807, 2.05) is 0 Å². The fourth-order valence-electron chi connectivity index (χ4n) is 1.49. The lowest BCUT2D eigenvalue weighted by molar-refractivity contribution is -0.122. The molecule has 11 heteroatoms. The second-order valence-electron chi connectivity index (χ2n) is 5.51. The van der Waals surface area contributed by atoms with Gasteiger partial charge >= 0.3 is 0 Å². The van der Waals surface area contributed by atoms with Gasteiger partial charge in [0.05, 0.1) is 16.1 Å². The molecule has 132 valence electrons. The molecule has 0 unspecified atom stereocenters. The van der Waals surface area contributed by atoms with Crippen LogP contribution in [0.2, 0.25) is 10.0 Å². The Morgan fingerprint density at radius 2 is 2.04 bits per heavy atom. The highest BCUT2D eigenvalue weighted by Crippen LogP contribution is 2.39. The molecule has 0 radical (unpaired) electrons. The van der Waals surface area contributed by atoms with Gasteiger partial charge in [0.1, 0.15) is 15.9 Å². The van der Waals surface area contributed by atoms with Crippen molar-refractivity contribution in [2.75, 3.05) is 16.3 Å². The Kier molecular flexibility index (Phi) is 5.97. The molecule has 1 aromatic carbocycles. The number of amides is 1. The summed E-state index contributed by atoms with van der Waals surface area (Å²) in [5.74, 6) is -0.0396. The number of sulfonamides is 1. The van der Waals surface area contributed by atoms with Crippen LogP contribution >= 0.6 is 46.6 Å². The van der Waals surface area contributed by atoms with Gasteiger partial charge in [-0.1, -0.05) is 23.2 Å². The highest BCUT2D eigenvalue weighted by Gasteiger charge is 2.28. The summed E-state index contributed by atoms with van der Waals surface area (Å²) in [6.45, 7) is 3.39. The molecule has 24 heavy (non-hydrogen) atoms. The van der Waals surface area contributed by atoms with Crippen LogP contribution in [0.15, 0.2) is 16.5 Å². The Balaban J connectivity index is 2.22. The van der Waals surface area contributed by atoms with Crippen molar-refractivity contribution in [1.82, 2.24) is 0 Å². The number of ether oxygens (including phenoxy) is 1. The van der Waals surface area contributed by atoms with Gasteiger partial charge in [0.15, 0.2) is 0 Å². The Hall–Kier alpha value is -0.670. The first kappa shape index (κ1) is 19.7. The molecule has 0 spiro atoms. The second kappa shape index (κ2) is 7.29. The van der Waals surface area contributed by atoms with Crippen LogP contribution in [-0.4, -0.2) is 30.5 Å². The van der Waals surface area contributed by atoms with E-state index in [-0.39, 0.29) is 37.9 Å². The first-order valence-corrected chi connectivity index (χ1v) is 10.4. The fourth-order valence-corrected chi connectivity index (χ4v) is 4.20. The highest BCUT2D eigenvalue weighted by atomic mass is 35.5. The number of rotatable bonds is 4. The normalized spacial score (nSPS) is 16.6. The number of benzene rings is 1. The molecule has 2 rings (SSSR count). The van der Waals surface area contributed by atoms with Crippen LogP contribution in [0.3, 0.4) is 0 Å². The van der Waals surface area contributed by atoms with Crippen LogP contribution < -0.4 is 10.1 Å². The van der Waals surface area contributed by atoms with Crippen molar-refractivity contribution in [2.24, 2.45) is 9.81 Å². The lowest BCUT2D eigenvalue weighted by atomic mass is 9.95. The van der Waals surface area contributed by atoms with Crippen molar-refractivity contribution in [3.05, 3.63) is 22.2 Å². The molecule has 0 saturated carbocycles. The first-order chi connectivity index (χ1) is 11.1. The molecule has 0 aliphatic carbocycles. The van der Waals surface area contributed by atoms with E-state index in [4.69, 9.17) is 39.5 Å². The molecule has 0 atom stereocenters. The van der Waals surface area contributed by atoms with E-state index in [0.717, 1.165) is 11.8 Å². The Bertz CT molecular complexity index is 810. The zero-order valence-electron chi connectivity index (χ0n) is 12.6. The third-order valence-corrected chi connectivity index (χ3v) is 7.16. The summed E-state index contributed by atoms with van der Waals surface area (Å²) in [6, 6.07) is 2.96. The number of alkyl halides is 1. The van der Waals surface area contributed by atoms with E-state index < -0.39 is 15.4 Å². The van der Waals surface area contributed by atoms with Crippen LogP contribution in [-0.2, 0) is 14.8 Å². The largest absolute Gasteiger partial charge is 0.432 e. The predicted molar refractivity (Wildman–Crippen MR) is 99.0 cm³/mol. The zero-order valence-corrected chi connectivity index (χ0v) is 16.5. The summed E-state index contributed by atoms with van der Waals surface area (Å²) in [4.78, 5) is 12.1. The van der Waals surface area contributed by atoms with Gasteiger partial charge in [0, 0.05) is 5.88 Å². The number of anilines is 1. The molecule has 0 aromatic heterocycles. The molecule has 1 amide bonds. The number of nitrogens with zero attached hydrogens (tertiary/aromatic N) is 1. The molecular formula is C13H13Cl3N2O4S2. The third kappa shape index (κ3) is 4.49. The lowest BCUT2D eigenvalue weighted by Gasteiger charge is -2.21. The number of halogens is 3. The van der Waals surface area contributed by atoms with Gasteiger partial charge in [0.2, 0.25) is 5.91 Å². The predicted octanol–water partition coefficient (Wildman–Crippen LogP) is 3.97. The van der Waals surface area contributed by atoms with Crippen molar-refractivity contribution in [3.8, 4) is 5.75 Å². The van der Waals surface area contributed by atoms with E-state index in [1.165, 1.54) is 12.1 Å². The summed E-state index contributed by atoms with van der Waals surface area (Å²) in [5, 5.41) is 2.53. The maximum Gasteiger partial charge on any atom is 0.268 e. The van der Waals surface area contributed by atoms with Crippen molar-refractivity contribution in [2.45, 2.75) is 13.8 Å². The topological polar surface area (TPSA) is 84.8 Å². The van der Waals surface area contributed by atoms with Crippen LogP contribution in [0, 0.1) is 5.41 Å². The van der Waals surface area contributed by atoms with Gasteiger partial charge < -0.3 is 10.1 Å². The Morgan fingerprint density at radius 3 is 2.58 bits per heavy atom. The quantitative estimate of drug-likeness (QED) is 0.729. The molecule has 0 saturated heterocycles. The average molecular weight is 432 g/mol. The Labute approximate surface area is 158 Å². The molecular weight excluding hydrogens is 419 g/mol. The first-order valence-electron chi connectivity index (χ1n) is 6.54. The minimum atomic E-state index is -3.50. The number of carbonyl (C=O) groups excluding carboxylic acids is 1. The maximum absolute atomic E-state index is 12.1. The molecule has 1 heterocycles. The number of hydrogen-bond donors (Lipinski definition) is 1. The lowest BCUT2D eigenvalue weighted by Crippen LogP contribution is -2.32. The van der Waals surface area contributed by atoms with E-state index in [2.05, 4.69) is 9.71 Å². The monoisotopic (exact) mass is 430 g/mol. The summed E-state index contributed by atoms with van der Waals surface area (Å²) < 4.78 is 31.3. The molecule has 0 bridgehead atoms. The summed E-state index contributed by atoms with van der Waals surface area (Å²) >= 11 is 19.0. The number of thioether (sulfide) groups is 1. The molecule has 1 N–H and O–H groups in total. The highest BCUT2D eigenvalue weighted by molar-refractivity contribution is 8.24. The van der Waals surface area contributed by atoms with Gasteiger partial charge in [-0.05, 0) is 37.7 Å². The average Bonchev–Trinajstić information content (AvgIpc) is 2.85. The molecule has 0 fully saturated rings. The van der Waals surface area contributed by atoms with Crippen LogP contribution in [0.1, 0.15) is 13.8 Å². The van der Waals surface area contributed by atoms with E-state index in [1.54, 1.807) is 13.8 Å². The number of nitrogens with one attached hydrogen (secondary N) is 1. The van der Waals surface area contributed by atoms with E-state index in [9.17, 15) is 13.2 Å². The minimum absolute atomic E-state index is 0.0331. The minimum Gasteiger partial charge on any atom is -0.432 e. The van der Waals surface area contributed by atoms with E-state index in [0.29, 0.717) is 5.69 Å².